The van der Waals surface area contributed by atoms with Gasteiger partial charge in [-0.25, -0.2) is 0 Å². The van der Waals surface area contributed by atoms with Gasteiger partial charge in [-0.3, -0.25) is 9.59 Å². The van der Waals surface area contributed by atoms with Crippen molar-refractivity contribution in [3.63, 3.8) is 0 Å². The van der Waals surface area contributed by atoms with Crippen molar-refractivity contribution in [3.05, 3.63) is 20.8 Å². The summed E-state index contributed by atoms with van der Waals surface area (Å²) in [6, 6.07) is 2.05. The molecule has 100 valence electrons. The number of nitrogens with zero attached hydrogens (tertiary/aromatic N) is 1. The van der Waals surface area contributed by atoms with E-state index in [1.165, 1.54) is 4.88 Å². The standard InChI is InChI=1S/C12H16BrNO3S/c1-14(11(15)3-2-4-12(16)17)6-5-10-7-9(13)8-18-10/h7-8H,2-6H2,1H3,(H,16,17). The van der Waals surface area contributed by atoms with Gasteiger partial charge in [0, 0.05) is 41.2 Å². The second kappa shape index (κ2) is 7.53. The SMILES string of the molecule is CN(CCc1cc(Br)cs1)C(=O)CCCC(=O)O. The summed E-state index contributed by atoms with van der Waals surface area (Å²) in [4.78, 5) is 24.9. The molecule has 0 atom stereocenters. The number of hydrogen-bond acceptors (Lipinski definition) is 3. The molecule has 1 aromatic heterocycles. The lowest BCUT2D eigenvalue weighted by atomic mass is 10.2. The van der Waals surface area contributed by atoms with Crippen LogP contribution in [-0.4, -0.2) is 35.5 Å². The summed E-state index contributed by atoms with van der Waals surface area (Å²) < 4.78 is 1.07. The van der Waals surface area contributed by atoms with E-state index in [9.17, 15) is 9.59 Å². The zero-order valence-electron chi connectivity index (χ0n) is 10.2. The molecule has 0 spiro atoms. The van der Waals surface area contributed by atoms with Crippen LogP contribution >= 0.6 is 27.3 Å². The van der Waals surface area contributed by atoms with E-state index in [0.29, 0.717) is 19.4 Å². The Morgan fingerprint density at radius 2 is 2.17 bits per heavy atom. The molecule has 0 unspecified atom stereocenters. The van der Waals surface area contributed by atoms with Crippen molar-refractivity contribution in [2.24, 2.45) is 0 Å². The van der Waals surface area contributed by atoms with Crippen molar-refractivity contribution in [2.75, 3.05) is 13.6 Å². The highest BCUT2D eigenvalue weighted by atomic mass is 79.9. The number of aliphatic carboxylic acids is 1. The summed E-state index contributed by atoms with van der Waals surface area (Å²) >= 11 is 5.05. The molecule has 18 heavy (non-hydrogen) atoms. The van der Waals surface area contributed by atoms with Gasteiger partial charge in [0.25, 0.3) is 0 Å². The van der Waals surface area contributed by atoms with E-state index in [1.807, 2.05) is 11.4 Å². The van der Waals surface area contributed by atoms with Crippen LogP contribution in [-0.2, 0) is 16.0 Å². The smallest absolute Gasteiger partial charge is 0.303 e. The van der Waals surface area contributed by atoms with Crippen LogP contribution in [0.2, 0.25) is 0 Å². The van der Waals surface area contributed by atoms with Crippen LogP contribution in [0.3, 0.4) is 0 Å². The molecular formula is C12H16BrNO3S. The van der Waals surface area contributed by atoms with Crippen LogP contribution in [0.15, 0.2) is 15.9 Å². The van der Waals surface area contributed by atoms with Crippen molar-refractivity contribution < 1.29 is 14.7 Å². The molecule has 1 heterocycles. The Bertz CT molecular complexity index is 419. The largest absolute Gasteiger partial charge is 0.481 e. The van der Waals surface area contributed by atoms with Gasteiger partial charge < -0.3 is 10.0 Å². The molecule has 4 nitrogen and oxygen atoms in total. The number of likely N-dealkylation sites (N-methyl/N-ethyl adjacent to an activating group) is 1. The molecule has 1 N–H and O–H groups in total. The average Bonchev–Trinajstić information content (AvgIpc) is 2.71. The molecule has 0 aliphatic rings. The minimum atomic E-state index is -0.853. The van der Waals surface area contributed by atoms with Crippen LogP contribution in [0.4, 0.5) is 0 Å². The fourth-order valence-electron chi connectivity index (χ4n) is 1.47. The maximum Gasteiger partial charge on any atom is 0.303 e. The topological polar surface area (TPSA) is 57.6 Å². The maximum atomic E-state index is 11.7. The van der Waals surface area contributed by atoms with Crippen LogP contribution in [0, 0.1) is 0 Å². The number of rotatable bonds is 7. The second-order valence-corrected chi connectivity index (χ2v) is 5.96. The molecule has 0 radical (unpaired) electrons. The fraction of sp³-hybridized carbons (Fsp3) is 0.500. The van der Waals surface area contributed by atoms with Crippen LogP contribution in [0.5, 0.6) is 0 Å². The average molecular weight is 334 g/mol. The molecule has 0 saturated carbocycles. The molecule has 0 aromatic carbocycles. The van der Waals surface area contributed by atoms with Crippen molar-refractivity contribution >= 4 is 39.1 Å². The van der Waals surface area contributed by atoms with Crippen molar-refractivity contribution in [2.45, 2.75) is 25.7 Å². The normalized spacial score (nSPS) is 10.3. The van der Waals surface area contributed by atoms with E-state index in [0.717, 1.165) is 10.9 Å². The highest BCUT2D eigenvalue weighted by Gasteiger charge is 2.10. The summed E-state index contributed by atoms with van der Waals surface area (Å²) in [6.07, 6.45) is 1.59. The van der Waals surface area contributed by atoms with Gasteiger partial charge in [0.2, 0.25) is 5.91 Å². The monoisotopic (exact) mass is 333 g/mol. The third-order valence-corrected chi connectivity index (χ3v) is 4.28. The summed E-state index contributed by atoms with van der Waals surface area (Å²) in [5.41, 5.74) is 0. The van der Waals surface area contributed by atoms with Gasteiger partial charge in [-0.2, -0.15) is 0 Å². The molecule has 0 aliphatic carbocycles. The molecule has 1 rings (SSSR count). The Morgan fingerprint density at radius 1 is 1.44 bits per heavy atom. The van der Waals surface area contributed by atoms with Crippen LogP contribution in [0.25, 0.3) is 0 Å². The van der Waals surface area contributed by atoms with Crippen molar-refractivity contribution in [3.8, 4) is 0 Å². The van der Waals surface area contributed by atoms with Crippen molar-refractivity contribution in [1.29, 1.82) is 0 Å². The van der Waals surface area contributed by atoms with E-state index >= 15 is 0 Å². The highest BCUT2D eigenvalue weighted by Crippen LogP contribution is 2.20. The first-order valence-electron chi connectivity index (χ1n) is 5.67. The zero-order valence-corrected chi connectivity index (χ0v) is 12.6. The third kappa shape index (κ3) is 5.64. The molecule has 0 aliphatic heterocycles. The Morgan fingerprint density at radius 3 is 2.72 bits per heavy atom. The van der Waals surface area contributed by atoms with Crippen molar-refractivity contribution in [1.82, 2.24) is 4.90 Å². The number of carboxylic acid groups (broad SMARTS) is 1. The number of carbonyl (C=O) groups is 2. The van der Waals surface area contributed by atoms with Crippen LogP contribution < -0.4 is 0 Å². The zero-order chi connectivity index (χ0) is 13.5. The van der Waals surface area contributed by atoms with E-state index in [2.05, 4.69) is 15.9 Å². The minimum absolute atomic E-state index is 0.00636. The van der Waals surface area contributed by atoms with Gasteiger partial charge in [-0.05, 0) is 34.8 Å². The Balaban J connectivity index is 2.25. The Kier molecular flexibility index (Phi) is 6.35. The number of amides is 1. The summed E-state index contributed by atoms with van der Waals surface area (Å²) in [6.45, 7) is 0.666. The quantitative estimate of drug-likeness (QED) is 0.834. The van der Waals surface area contributed by atoms with E-state index in [1.54, 1.807) is 23.3 Å². The van der Waals surface area contributed by atoms with Gasteiger partial charge in [0.15, 0.2) is 0 Å². The molecule has 1 amide bonds. The van der Waals surface area contributed by atoms with Gasteiger partial charge in [0.05, 0.1) is 0 Å². The van der Waals surface area contributed by atoms with Gasteiger partial charge >= 0.3 is 5.97 Å². The first-order chi connectivity index (χ1) is 8.49. The first kappa shape index (κ1) is 15.2. The molecule has 0 bridgehead atoms. The lowest BCUT2D eigenvalue weighted by Gasteiger charge is -2.16. The second-order valence-electron chi connectivity index (χ2n) is 4.04. The predicted octanol–water partition coefficient (Wildman–Crippen LogP) is 2.77. The third-order valence-electron chi connectivity index (χ3n) is 2.52. The Hall–Kier alpha value is -0.880. The number of carbonyl (C=O) groups excluding carboxylic acids is 1. The van der Waals surface area contributed by atoms with E-state index in [-0.39, 0.29) is 12.3 Å². The molecule has 1 aromatic rings. The number of carboxylic acids is 1. The Labute approximate surface area is 119 Å². The lowest BCUT2D eigenvalue weighted by molar-refractivity contribution is -0.137. The predicted molar refractivity (Wildman–Crippen MR) is 74.8 cm³/mol. The highest BCUT2D eigenvalue weighted by molar-refractivity contribution is 9.10. The fourth-order valence-corrected chi connectivity index (χ4v) is 2.91. The summed E-state index contributed by atoms with van der Waals surface area (Å²) in [5.74, 6) is -0.847. The first-order valence-corrected chi connectivity index (χ1v) is 7.35. The van der Waals surface area contributed by atoms with E-state index in [4.69, 9.17) is 5.11 Å². The van der Waals surface area contributed by atoms with Gasteiger partial charge in [0.1, 0.15) is 0 Å². The van der Waals surface area contributed by atoms with Gasteiger partial charge in [-0.15, -0.1) is 11.3 Å². The number of hydrogen-bond donors (Lipinski definition) is 1. The molecule has 0 fully saturated rings. The maximum absolute atomic E-state index is 11.7. The van der Waals surface area contributed by atoms with E-state index < -0.39 is 5.97 Å². The number of thiophene rings is 1. The van der Waals surface area contributed by atoms with Crippen LogP contribution in [0.1, 0.15) is 24.1 Å². The molecule has 6 heteroatoms. The lowest BCUT2D eigenvalue weighted by Crippen LogP contribution is -2.28. The molecule has 0 saturated heterocycles. The number of halogens is 1. The minimum Gasteiger partial charge on any atom is -0.481 e. The molecular weight excluding hydrogens is 318 g/mol. The van der Waals surface area contributed by atoms with Gasteiger partial charge in [-0.1, -0.05) is 0 Å². The summed E-state index contributed by atoms with van der Waals surface area (Å²) in [5, 5.41) is 10.5. The summed E-state index contributed by atoms with van der Waals surface area (Å²) in [7, 11) is 1.76.